The molecule has 3 rings (SSSR count). The van der Waals surface area contributed by atoms with Crippen LogP contribution in [0.4, 0.5) is 13.2 Å². The highest BCUT2D eigenvalue weighted by molar-refractivity contribution is 5.79. The van der Waals surface area contributed by atoms with Gasteiger partial charge in [-0.2, -0.15) is 18.3 Å². The number of piperidine rings is 1. The number of amides is 1. The molecule has 1 amide bonds. The van der Waals surface area contributed by atoms with Crippen LogP contribution in [0.5, 0.6) is 0 Å². The fourth-order valence-corrected chi connectivity index (χ4v) is 4.06. The molecule has 2 heterocycles. The highest BCUT2D eigenvalue weighted by Crippen LogP contribution is 2.42. The van der Waals surface area contributed by atoms with Gasteiger partial charge in [0.25, 0.3) is 0 Å². The van der Waals surface area contributed by atoms with Gasteiger partial charge in [0.2, 0.25) is 5.91 Å². The number of nitrogens with zero attached hydrogens (tertiary/aromatic N) is 3. The van der Waals surface area contributed by atoms with E-state index in [1.165, 1.54) is 0 Å². The Morgan fingerprint density at radius 2 is 1.96 bits per heavy atom. The van der Waals surface area contributed by atoms with Crippen molar-refractivity contribution in [2.75, 3.05) is 13.1 Å². The Morgan fingerprint density at radius 3 is 2.62 bits per heavy atom. The monoisotopic (exact) mass is 343 g/mol. The number of halogens is 3. The van der Waals surface area contributed by atoms with Gasteiger partial charge in [-0.1, -0.05) is 12.8 Å². The van der Waals surface area contributed by atoms with Crippen LogP contribution in [0.3, 0.4) is 0 Å². The third kappa shape index (κ3) is 3.59. The van der Waals surface area contributed by atoms with Crippen molar-refractivity contribution < 1.29 is 18.0 Å². The van der Waals surface area contributed by atoms with E-state index in [2.05, 4.69) is 5.10 Å². The molecule has 0 N–H and O–H groups in total. The molecule has 134 valence electrons. The number of alkyl halides is 3. The van der Waals surface area contributed by atoms with Gasteiger partial charge in [0.1, 0.15) is 0 Å². The van der Waals surface area contributed by atoms with Gasteiger partial charge in [0.15, 0.2) is 0 Å². The highest BCUT2D eigenvalue weighted by atomic mass is 19.4. The summed E-state index contributed by atoms with van der Waals surface area (Å²) < 4.78 is 41.7. The van der Waals surface area contributed by atoms with Crippen LogP contribution < -0.4 is 0 Å². The molecule has 0 radical (unpaired) electrons. The Bertz CT molecular complexity index is 584. The number of aryl methyl sites for hydroxylation is 1. The van der Waals surface area contributed by atoms with Crippen molar-refractivity contribution in [3.63, 3.8) is 0 Å². The van der Waals surface area contributed by atoms with E-state index in [1.807, 2.05) is 17.8 Å². The van der Waals surface area contributed by atoms with Gasteiger partial charge in [0, 0.05) is 25.2 Å². The van der Waals surface area contributed by atoms with Gasteiger partial charge < -0.3 is 4.90 Å². The zero-order chi connectivity index (χ0) is 17.3. The smallest absolute Gasteiger partial charge is 0.340 e. The molecule has 24 heavy (non-hydrogen) atoms. The predicted molar refractivity (Wildman–Crippen MR) is 83.3 cm³/mol. The molecule has 4 nitrogen and oxygen atoms in total. The van der Waals surface area contributed by atoms with Crippen molar-refractivity contribution in [1.82, 2.24) is 14.7 Å². The largest absolute Gasteiger partial charge is 0.392 e. The quantitative estimate of drug-likeness (QED) is 0.821. The minimum Gasteiger partial charge on any atom is -0.340 e. The van der Waals surface area contributed by atoms with Crippen molar-refractivity contribution in [2.24, 2.45) is 11.8 Å². The van der Waals surface area contributed by atoms with Crippen LogP contribution in [0.1, 0.15) is 50.1 Å². The maximum absolute atomic E-state index is 13.3. The second-order valence-corrected chi connectivity index (χ2v) is 7.12. The zero-order valence-electron chi connectivity index (χ0n) is 13.9. The topological polar surface area (TPSA) is 38.1 Å². The number of hydrogen-bond donors (Lipinski definition) is 0. The van der Waals surface area contributed by atoms with Crippen LogP contribution >= 0.6 is 0 Å². The second kappa shape index (κ2) is 6.76. The standard InChI is InChI=1S/C17H24F3N3O/c1-12-9-21-23(10-12)13-5-4-8-22(11-13)16(24)14-6-2-3-7-15(14)17(18,19)20/h9-10,13-15H,2-8,11H2,1H3/t13-,14-,15+/m1/s1. The van der Waals surface area contributed by atoms with E-state index >= 15 is 0 Å². The Hall–Kier alpha value is -1.53. The number of aromatic nitrogens is 2. The first kappa shape index (κ1) is 17.3. The van der Waals surface area contributed by atoms with Crippen LogP contribution in [0, 0.1) is 18.8 Å². The number of hydrogen-bond acceptors (Lipinski definition) is 2. The lowest BCUT2D eigenvalue weighted by molar-refractivity contribution is -0.201. The Morgan fingerprint density at radius 1 is 1.21 bits per heavy atom. The van der Waals surface area contributed by atoms with Crippen LogP contribution in [-0.4, -0.2) is 39.9 Å². The molecule has 0 unspecified atom stereocenters. The van der Waals surface area contributed by atoms with Gasteiger partial charge in [-0.3, -0.25) is 9.48 Å². The Kier molecular flexibility index (Phi) is 4.88. The molecule has 1 aromatic rings. The van der Waals surface area contributed by atoms with E-state index in [4.69, 9.17) is 0 Å². The summed E-state index contributed by atoms with van der Waals surface area (Å²) in [5, 5.41) is 4.30. The number of carbonyl (C=O) groups excluding carboxylic acids is 1. The lowest BCUT2D eigenvalue weighted by Gasteiger charge is -2.39. The molecule has 2 fully saturated rings. The first-order valence-electron chi connectivity index (χ1n) is 8.72. The van der Waals surface area contributed by atoms with Crippen molar-refractivity contribution in [2.45, 2.75) is 57.7 Å². The van der Waals surface area contributed by atoms with Crippen molar-refractivity contribution >= 4 is 5.91 Å². The van der Waals surface area contributed by atoms with Crippen molar-refractivity contribution in [3.05, 3.63) is 18.0 Å². The molecule has 0 spiro atoms. The van der Waals surface area contributed by atoms with Gasteiger partial charge in [-0.25, -0.2) is 0 Å². The van der Waals surface area contributed by atoms with E-state index in [0.29, 0.717) is 32.4 Å². The normalized spacial score (nSPS) is 28.8. The third-order valence-electron chi connectivity index (χ3n) is 5.32. The molecule has 1 aromatic heterocycles. The minimum absolute atomic E-state index is 0.0596. The van der Waals surface area contributed by atoms with E-state index in [-0.39, 0.29) is 18.4 Å². The summed E-state index contributed by atoms with van der Waals surface area (Å²) >= 11 is 0. The van der Waals surface area contributed by atoms with Crippen LogP contribution in [0.15, 0.2) is 12.4 Å². The highest BCUT2D eigenvalue weighted by Gasteiger charge is 2.49. The number of carbonyl (C=O) groups is 1. The summed E-state index contributed by atoms with van der Waals surface area (Å²) in [6.07, 6.45) is 2.81. The molecule has 0 bridgehead atoms. The molecule has 1 saturated carbocycles. The maximum atomic E-state index is 13.3. The lowest BCUT2D eigenvalue weighted by atomic mass is 9.77. The van der Waals surface area contributed by atoms with Crippen LogP contribution in [0.25, 0.3) is 0 Å². The van der Waals surface area contributed by atoms with Gasteiger partial charge in [-0.15, -0.1) is 0 Å². The van der Waals surface area contributed by atoms with Gasteiger partial charge >= 0.3 is 6.18 Å². The van der Waals surface area contributed by atoms with E-state index in [0.717, 1.165) is 18.4 Å². The molecular formula is C17H24F3N3O. The summed E-state index contributed by atoms with van der Waals surface area (Å²) in [7, 11) is 0. The van der Waals surface area contributed by atoms with Crippen LogP contribution in [0.2, 0.25) is 0 Å². The minimum atomic E-state index is -4.28. The first-order chi connectivity index (χ1) is 11.4. The zero-order valence-corrected chi connectivity index (χ0v) is 13.9. The average molecular weight is 343 g/mol. The summed E-state index contributed by atoms with van der Waals surface area (Å²) in [4.78, 5) is 14.4. The lowest BCUT2D eigenvalue weighted by Crippen LogP contribution is -2.48. The molecule has 2 aliphatic rings. The van der Waals surface area contributed by atoms with Crippen molar-refractivity contribution in [3.8, 4) is 0 Å². The fraction of sp³-hybridized carbons (Fsp3) is 0.765. The molecular weight excluding hydrogens is 319 g/mol. The van der Waals surface area contributed by atoms with Crippen molar-refractivity contribution in [1.29, 1.82) is 0 Å². The number of rotatable bonds is 2. The third-order valence-corrected chi connectivity index (χ3v) is 5.32. The second-order valence-electron chi connectivity index (χ2n) is 7.12. The average Bonchev–Trinajstić information content (AvgIpc) is 3.00. The van der Waals surface area contributed by atoms with Gasteiger partial charge in [-0.05, 0) is 38.2 Å². The fourth-order valence-electron chi connectivity index (χ4n) is 4.06. The summed E-state index contributed by atoms with van der Waals surface area (Å²) in [6, 6.07) is 0.0596. The summed E-state index contributed by atoms with van der Waals surface area (Å²) in [5.74, 6) is -2.70. The van der Waals surface area contributed by atoms with E-state index in [9.17, 15) is 18.0 Å². The van der Waals surface area contributed by atoms with E-state index < -0.39 is 18.0 Å². The SMILES string of the molecule is Cc1cnn([C@@H]2CCCN(C(=O)[C@@H]3CCCC[C@@H]3C(F)(F)F)C2)c1. The first-order valence-corrected chi connectivity index (χ1v) is 8.72. The predicted octanol–water partition coefficient (Wildman–Crippen LogP) is 3.72. The molecule has 1 aliphatic heterocycles. The summed E-state index contributed by atoms with van der Waals surface area (Å²) in [6.45, 7) is 2.96. The molecule has 0 aromatic carbocycles. The Balaban J connectivity index is 1.71. The van der Waals surface area contributed by atoms with Crippen LogP contribution in [-0.2, 0) is 4.79 Å². The Labute approximate surface area is 140 Å². The molecule has 1 saturated heterocycles. The maximum Gasteiger partial charge on any atom is 0.392 e. The molecule has 3 atom stereocenters. The molecule has 1 aliphatic carbocycles. The molecule has 7 heteroatoms. The summed E-state index contributed by atoms with van der Waals surface area (Å²) in [5.41, 5.74) is 1.04. The van der Waals surface area contributed by atoms with E-state index in [1.54, 1.807) is 11.1 Å². The number of likely N-dealkylation sites (tertiary alicyclic amines) is 1. The van der Waals surface area contributed by atoms with Gasteiger partial charge in [0.05, 0.1) is 18.2 Å².